The Kier molecular flexibility index (Phi) is 9.55. The molecule has 0 spiro atoms. The Morgan fingerprint density at radius 3 is 2.36 bits per heavy atom. The second-order valence-electron chi connectivity index (χ2n) is 5.63. The van der Waals surface area contributed by atoms with Gasteiger partial charge < -0.3 is 26.4 Å². The molecule has 0 saturated heterocycles. The molecule has 8 nitrogen and oxygen atoms in total. The van der Waals surface area contributed by atoms with E-state index in [9.17, 15) is 14.4 Å². The molecule has 5 N–H and O–H groups in total. The summed E-state index contributed by atoms with van der Waals surface area (Å²) in [6.07, 6.45) is 0. The van der Waals surface area contributed by atoms with Crippen molar-refractivity contribution in [1.29, 1.82) is 0 Å². The van der Waals surface area contributed by atoms with E-state index in [0.717, 1.165) is 0 Å². The molecular weight excluding hydrogens is 348 g/mol. The van der Waals surface area contributed by atoms with Crippen molar-refractivity contribution in [2.24, 2.45) is 11.7 Å². The van der Waals surface area contributed by atoms with Crippen molar-refractivity contribution in [3.05, 3.63) is 18.2 Å². The van der Waals surface area contributed by atoms with E-state index in [-0.39, 0.29) is 36.7 Å². The smallest absolute Gasteiger partial charge is 0.243 e. The molecular formula is C16H25ClN4O4. The number of nitrogens with two attached hydrogens (primary N) is 1. The molecule has 1 aromatic carbocycles. The highest BCUT2D eigenvalue weighted by atomic mass is 35.5. The summed E-state index contributed by atoms with van der Waals surface area (Å²) in [5, 5.41) is 7.74. The number of carbonyl (C=O) groups is 3. The monoisotopic (exact) mass is 372 g/mol. The Labute approximate surface area is 153 Å². The number of rotatable bonds is 7. The van der Waals surface area contributed by atoms with E-state index in [1.807, 2.05) is 13.8 Å². The van der Waals surface area contributed by atoms with Crippen molar-refractivity contribution in [1.82, 2.24) is 5.32 Å². The van der Waals surface area contributed by atoms with E-state index < -0.39 is 11.9 Å². The van der Waals surface area contributed by atoms with E-state index in [2.05, 4.69) is 16.0 Å². The number of benzene rings is 1. The van der Waals surface area contributed by atoms with Gasteiger partial charge in [0.15, 0.2) is 0 Å². The Bertz CT molecular complexity index is 622. The second kappa shape index (κ2) is 10.5. The number of halogens is 1. The summed E-state index contributed by atoms with van der Waals surface area (Å²) in [6.45, 7) is 4.86. The van der Waals surface area contributed by atoms with Gasteiger partial charge in [0.05, 0.1) is 25.4 Å². The number of nitrogens with one attached hydrogen (secondary N) is 3. The third-order valence-corrected chi connectivity index (χ3v) is 3.24. The van der Waals surface area contributed by atoms with Gasteiger partial charge in [0.1, 0.15) is 5.75 Å². The van der Waals surface area contributed by atoms with Crippen LogP contribution in [0.2, 0.25) is 0 Å². The number of hydrogen-bond acceptors (Lipinski definition) is 5. The molecule has 3 amide bonds. The topological polar surface area (TPSA) is 123 Å². The van der Waals surface area contributed by atoms with Gasteiger partial charge in [-0.1, -0.05) is 13.8 Å². The number of anilines is 2. The van der Waals surface area contributed by atoms with Crippen molar-refractivity contribution in [2.75, 3.05) is 24.3 Å². The zero-order valence-electron chi connectivity index (χ0n) is 14.7. The molecule has 1 aromatic rings. The first-order valence-corrected chi connectivity index (χ1v) is 7.53. The van der Waals surface area contributed by atoms with Crippen molar-refractivity contribution in [3.63, 3.8) is 0 Å². The number of hydrogen-bond donors (Lipinski definition) is 4. The Morgan fingerprint density at radius 2 is 1.84 bits per heavy atom. The fourth-order valence-corrected chi connectivity index (χ4v) is 1.86. The van der Waals surface area contributed by atoms with Gasteiger partial charge >= 0.3 is 0 Å². The van der Waals surface area contributed by atoms with Crippen LogP contribution in [0.4, 0.5) is 11.4 Å². The van der Waals surface area contributed by atoms with Crippen LogP contribution >= 0.6 is 12.4 Å². The highest BCUT2D eigenvalue weighted by molar-refractivity contribution is 5.96. The van der Waals surface area contributed by atoms with Crippen LogP contribution in [-0.4, -0.2) is 37.4 Å². The molecule has 0 aliphatic carbocycles. The zero-order valence-corrected chi connectivity index (χ0v) is 15.5. The third kappa shape index (κ3) is 7.40. The van der Waals surface area contributed by atoms with Gasteiger partial charge in [-0.2, -0.15) is 0 Å². The fraction of sp³-hybridized carbons (Fsp3) is 0.438. The standard InChI is InChI=1S/C16H24N4O4.ClH/c1-9(2)15(17)16(23)18-8-14(22)20-11-5-6-12(19-10(3)21)13(7-11)24-4;/h5-7,9,15H,8,17H2,1-4H3,(H,18,23)(H,19,21)(H,20,22);1H/t15-;/m0./s1. The molecule has 9 heteroatoms. The minimum atomic E-state index is -0.658. The van der Waals surface area contributed by atoms with Crippen LogP contribution in [0, 0.1) is 5.92 Å². The highest BCUT2D eigenvalue weighted by Crippen LogP contribution is 2.27. The predicted octanol–water partition coefficient (Wildman–Crippen LogP) is 1.11. The molecule has 0 aliphatic heterocycles. The number of carbonyl (C=O) groups excluding carboxylic acids is 3. The Hall–Kier alpha value is -2.32. The van der Waals surface area contributed by atoms with Gasteiger partial charge in [-0.25, -0.2) is 0 Å². The molecule has 0 heterocycles. The summed E-state index contributed by atoms with van der Waals surface area (Å²) in [4.78, 5) is 34.7. The molecule has 0 saturated carbocycles. The van der Waals surface area contributed by atoms with E-state index in [1.165, 1.54) is 14.0 Å². The van der Waals surface area contributed by atoms with Crippen molar-refractivity contribution < 1.29 is 19.1 Å². The second-order valence-corrected chi connectivity index (χ2v) is 5.63. The molecule has 0 aliphatic rings. The van der Waals surface area contributed by atoms with E-state index in [1.54, 1.807) is 18.2 Å². The average Bonchev–Trinajstić information content (AvgIpc) is 2.52. The van der Waals surface area contributed by atoms with Crippen LogP contribution in [0.5, 0.6) is 5.75 Å². The highest BCUT2D eigenvalue weighted by Gasteiger charge is 2.17. The lowest BCUT2D eigenvalue weighted by atomic mass is 10.1. The zero-order chi connectivity index (χ0) is 18.3. The summed E-state index contributed by atoms with van der Waals surface area (Å²) < 4.78 is 5.17. The maximum Gasteiger partial charge on any atom is 0.243 e. The van der Waals surface area contributed by atoms with Crippen LogP contribution < -0.4 is 26.4 Å². The van der Waals surface area contributed by atoms with E-state index in [0.29, 0.717) is 17.1 Å². The molecule has 0 radical (unpaired) electrons. The number of ether oxygens (including phenoxy) is 1. The van der Waals surface area contributed by atoms with Crippen molar-refractivity contribution in [3.8, 4) is 5.75 Å². The molecule has 140 valence electrons. The molecule has 0 bridgehead atoms. The molecule has 0 aromatic heterocycles. The number of amides is 3. The van der Waals surface area contributed by atoms with E-state index >= 15 is 0 Å². The maximum atomic E-state index is 11.9. The predicted molar refractivity (Wildman–Crippen MR) is 99.0 cm³/mol. The quantitative estimate of drug-likeness (QED) is 0.571. The van der Waals surface area contributed by atoms with Crippen LogP contribution in [-0.2, 0) is 14.4 Å². The van der Waals surface area contributed by atoms with Crippen molar-refractivity contribution in [2.45, 2.75) is 26.8 Å². The Morgan fingerprint density at radius 1 is 1.20 bits per heavy atom. The van der Waals surface area contributed by atoms with E-state index in [4.69, 9.17) is 10.5 Å². The lowest BCUT2D eigenvalue weighted by Crippen LogP contribution is -2.46. The first-order valence-electron chi connectivity index (χ1n) is 7.53. The van der Waals surface area contributed by atoms with Gasteiger partial charge in [0.2, 0.25) is 17.7 Å². The normalized spacial score (nSPS) is 11.1. The minimum Gasteiger partial charge on any atom is -0.494 e. The molecule has 1 atom stereocenters. The Balaban J connectivity index is 0.00000576. The summed E-state index contributed by atoms with van der Waals surface area (Å²) >= 11 is 0. The molecule has 0 unspecified atom stereocenters. The molecule has 1 rings (SSSR count). The number of methoxy groups -OCH3 is 1. The maximum absolute atomic E-state index is 11.9. The SMILES string of the molecule is COc1cc(NC(=O)CNC(=O)[C@@H](N)C(C)C)ccc1NC(C)=O.Cl. The largest absolute Gasteiger partial charge is 0.494 e. The molecule has 25 heavy (non-hydrogen) atoms. The van der Waals surface area contributed by atoms with Crippen LogP contribution in [0.25, 0.3) is 0 Å². The summed E-state index contributed by atoms with van der Waals surface area (Å²) in [5.74, 6) is -0.603. The summed E-state index contributed by atoms with van der Waals surface area (Å²) in [5.41, 5.74) is 6.68. The van der Waals surface area contributed by atoms with Gasteiger partial charge in [-0.3, -0.25) is 14.4 Å². The first kappa shape index (κ1) is 22.7. The first-order chi connectivity index (χ1) is 11.2. The average molecular weight is 373 g/mol. The lowest BCUT2D eigenvalue weighted by molar-refractivity contribution is -0.125. The summed E-state index contributed by atoms with van der Waals surface area (Å²) in [6, 6.07) is 4.15. The van der Waals surface area contributed by atoms with Crippen LogP contribution in [0.1, 0.15) is 20.8 Å². The van der Waals surface area contributed by atoms with Gasteiger partial charge in [-0.15, -0.1) is 12.4 Å². The molecule has 0 fully saturated rings. The third-order valence-electron chi connectivity index (χ3n) is 3.24. The van der Waals surface area contributed by atoms with Gasteiger partial charge in [-0.05, 0) is 18.1 Å². The summed E-state index contributed by atoms with van der Waals surface area (Å²) in [7, 11) is 1.46. The van der Waals surface area contributed by atoms with Crippen molar-refractivity contribution >= 4 is 41.5 Å². The minimum absolute atomic E-state index is 0. The fourth-order valence-electron chi connectivity index (χ4n) is 1.86. The van der Waals surface area contributed by atoms with Crippen LogP contribution in [0.3, 0.4) is 0 Å². The van der Waals surface area contributed by atoms with Gasteiger partial charge in [0, 0.05) is 18.7 Å². The van der Waals surface area contributed by atoms with Gasteiger partial charge in [0.25, 0.3) is 0 Å². The van der Waals surface area contributed by atoms with Crippen LogP contribution in [0.15, 0.2) is 18.2 Å². The lowest BCUT2D eigenvalue weighted by Gasteiger charge is -2.15.